The van der Waals surface area contributed by atoms with Gasteiger partial charge in [0.05, 0.1) is 11.8 Å². The van der Waals surface area contributed by atoms with Gasteiger partial charge in [-0.2, -0.15) is 5.10 Å². The van der Waals surface area contributed by atoms with Crippen LogP contribution in [0.3, 0.4) is 0 Å². The number of pyridine rings is 1. The van der Waals surface area contributed by atoms with Crippen LogP contribution in [0, 0.1) is 0 Å². The fourth-order valence-electron chi connectivity index (χ4n) is 2.18. The van der Waals surface area contributed by atoms with Gasteiger partial charge in [-0.15, -0.1) is 0 Å². The topological polar surface area (TPSA) is 83.5 Å². The largest absolute Gasteiger partial charge is 0.322 e. The number of hydrogen-bond acceptors (Lipinski definition) is 4. The number of nitrogens with one attached hydrogen (secondary N) is 2. The summed E-state index contributed by atoms with van der Waals surface area (Å²) in [4.78, 5) is 28.0. The van der Waals surface area contributed by atoms with Gasteiger partial charge < -0.3 is 5.32 Å². The molecule has 1 aromatic heterocycles. The van der Waals surface area contributed by atoms with Gasteiger partial charge in [-0.3, -0.25) is 14.6 Å². The van der Waals surface area contributed by atoms with Crippen molar-refractivity contribution in [1.29, 1.82) is 0 Å². The van der Waals surface area contributed by atoms with Crippen LogP contribution in [-0.2, 0) is 0 Å². The first kappa shape index (κ1) is 18.3. The smallest absolute Gasteiger partial charge is 0.272 e. The summed E-state index contributed by atoms with van der Waals surface area (Å²) in [6.45, 7) is 0. The second kappa shape index (κ2) is 8.73. The molecule has 6 nitrogen and oxygen atoms in total. The standard InChI is InChI=1S/C20H15ClN4O2/c21-17-7-9-18(10-8-17)24-19(26)15-5-3-14(4-6-15)12-23-25-20(27)16-2-1-11-22-13-16/h1-13H,(H,24,26)(H,25,27). The average molecular weight is 379 g/mol. The SMILES string of the molecule is O=C(NN=Cc1ccc(C(=O)Nc2ccc(Cl)cc2)cc1)c1cccnc1. The molecule has 1 heterocycles. The molecule has 0 saturated carbocycles. The van der Waals surface area contributed by atoms with Crippen LogP contribution in [0.25, 0.3) is 0 Å². The molecule has 0 fully saturated rings. The van der Waals surface area contributed by atoms with Gasteiger partial charge >= 0.3 is 0 Å². The van der Waals surface area contributed by atoms with Gasteiger partial charge in [-0.1, -0.05) is 23.7 Å². The monoisotopic (exact) mass is 378 g/mol. The van der Waals surface area contributed by atoms with Crippen LogP contribution in [0.2, 0.25) is 5.02 Å². The van der Waals surface area contributed by atoms with Crippen molar-refractivity contribution in [3.8, 4) is 0 Å². The minimum atomic E-state index is -0.349. The maximum Gasteiger partial charge on any atom is 0.272 e. The number of aromatic nitrogens is 1. The third-order valence-electron chi connectivity index (χ3n) is 3.58. The van der Waals surface area contributed by atoms with E-state index in [1.54, 1.807) is 66.9 Å². The Balaban J connectivity index is 1.57. The predicted molar refractivity (Wildman–Crippen MR) is 105 cm³/mol. The zero-order valence-corrected chi connectivity index (χ0v) is 14.9. The minimum absolute atomic E-state index is 0.231. The van der Waals surface area contributed by atoms with Crippen LogP contribution < -0.4 is 10.7 Å². The van der Waals surface area contributed by atoms with E-state index in [2.05, 4.69) is 20.8 Å². The molecule has 0 aliphatic heterocycles. The lowest BCUT2D eigenvalue weighted by molar-refractivity contribution is 0.0954. The Kier molecular flexibility index (Phi) is 5.91. The highest BCUT2D eigenvalue weighted by atomic mass is 35.5. The van der Waals surface area contributed by atoms with Crippen LogP contribution in [-0.4, -0.2) is 23.0 Å². The van der Waals surface area contributed by atoms with Gasteiger partial charge in [0.2, 0.25) is 0 Å². The number of carbonyl (C=O) groups is 2. The molecule has 2 amide bonds. The molecule has 0 aliphatic carbocycles. The first-order valence-electron chi connectivity index (χ1n) is 8.02. The maximum absolute atomic E-state index is 12.2. The number of nitrogens with zero attached hydrogens (tertiary/aromatic N) is 2. The second-order valence-electron chi connectivity index (χ2n) is 5.52. The number of halogens is 1. The fraction of sp³-hybridized carbons (Fsp3) is 0. The molecular weight excluding hydrogens is 364 g/mol. The molecule has 0 saturated heterocycles. The van der Waals surface area contributed by atoms with Crippen molar-refractivity contribution in [2.75, 3.05) is 5.32 Å². The molecular formula is C20H15ClN4O2. The number of rotatable bonds is 5. The lowest BCUT2D eigenvalue weighted by atomic mass is 10.1. The third-order valence-corrected chi connectivity index (χ3v) is 3.83. The molecule has 2 N–H and O–H groups in total. The summed E-state index contributed by atoms with van der Waals surface area (Å²) in [5.41, 5.74) is 4.74. The highest BCUT2D eigenvalue weighted by molar-refractivity contribution is 6.30. The summed E-state index contributed by atoms with van der Waals surface area (Å²) in [6, 6.07) is 17.0. The van der Waals surface area contributed by atoms with Crippen molar-refractivity contribution in [2.24, 2.45) is 5.10 Å². The predicted octanol–water partition coefficient (Wildman–Crippen LogP) is 3.75. The summed E-state index contributed by atoms with van der Waals surface area (Å²) in [7, 11) is 0. The van der Waals surface area contributed by atoms with Crippen LogP contribution in [0.15, 0.2) is 78.2 Å². The zero-order chi connectivity index (χ0) is 19.1. The molecule has 27 heavy (non-hydrogen) atoms. The van der Waals surface area contributed by atoms with Crippen molar-refractivity contribution in [3.05, 3.63) is 94.8 Å². The van der Waals surface area contributed by atoms with Gasteiger partial charge in [-0.05, 0) is 54.1 Å². The highest BCUT2D eigenvalue weighted by Gasteiger charge is 2.06. The first-order valence-corrected chi connectivity index (χ1v) is 8.40. The Labute approximate surface area is 160 Å². The van der Waals surface area contributed by atoms with Gasteiger partial charge in [-0.25, -0.2) is 5.43 Å². The molecule has 2 aromatic carbocycles. The van der Waals surface area contributed by atoms with Crippen molar-refractivity contribution < 1.29 is 9.59 Å². The Bertz CT molecular complexity index is 956. The van der Waals surface area contributed by atoms with Crippen molar-refractivity contribution in [1.82, 2.24) is 10.4 Å². The van der Waals surface area contributed by atoms with Gasteiger partial charge in [0.1, 0.15) is 0 Å². The Morgan fingerprint density at radius 3 is 2.33 bits per heavy atom. The zero-order valence-electron chi connectivity index (χ0n) is 14.1. The van der Waals surface area contributed by atoms with Crippen LogP contribution >= 0.6 is 11.6 Å². The van der Waals surface area contributed by atoms with E-state index in [-0.39, 0.29) is 11.8 Å². The molecule has 0 bridgehead atoms. The summed E-state index contributed by atoms with van der Waals surface area (Å²) in [6.07, 6.45) is 4.54. The lowest BCUT2D eigenvalue weighted by Gasteiger charge is -2.05. The molecule has 0 atom stereocenters. The molecule has 3 rings (SSSR count). The Morgan fingerprint density at radius 1 is 0.926 bits per heavy atom. The Morgan fingerprint density at radius 2 is 1.67 bits per heavy atom. The second-order valence-corrected chi connectivity index (χ2v) is 5.96. The first-order chi connectivity index (χ1) is 13.1. The minimum Gasteiger partial charge on any atom is -0.322 e. The average Bonchev–Trinajstić information content (AvgIpc) is 2.71. The van der Waals surface area contributed by atoms with Gasteiger partial charge in [0.15, 0.2) is 0 Å². The van der Waals surface area contributed by atoms with E-state index in [1.807, 2.05) is 0 Å². The number of carbonyl (C=O) groups excluding carboxylic acids is 2. The lowest BCUT2D eigenvalue weighted by Crippen LogP contribution is -2.17. The number of hydrazone groups is 1. The number of anilines is 1. The van der Waals surface area contributed by atoms with E-state index in [4.69, 9.17) is 11.6 Å². The number of benzene rings is 2. The fourth-order valence-corrected chi connectivity index (χ4v) is 2.31. The van der Waals surface area contributed by atoms with Crippen molar-refractivity contribution in [3.63, 3.8) is 0 Å². The summed E-state index contributed by atoms with van der Waals surface area (Å²) in [5, 5.41) is 7.29. The van der Waals surface area contributed by atoms with E-state index in [0.29, 0.717) is 21.8 Å². The van der Waals surface area contributed by atoms with E-state index < -0.39 is 0 Å². The summed E-state index contributed by atoms with van der Waals surface area (Å²) in [5.74, 6) is -0.580. The van der Waals surface area contributed by atoms with E-state index in [1.165, 1.54) is 12.4 Å². The van der Waals surface area contributed by atoms with Gasteiger partial charge in [0, 0.05) is 28.7 Å². The maximum atomic E-state index is 12.2. The Hall–Kier alpha value is -3.51. The van der Waals surface area contributed by atoms with E-state index >= 15 is 0 Å². The molecule has 0 radical (unpaired) electrons. The summed E-state index contributed by atoms with van der Waals surface area (Å²) >= 11 is 5.82. The van der Waals surface area contributed by atoms with Crippen LogP contribution in [0.4, 0.5) is 5.69 Å². The molecule has 0 unspecified atom stereocenters. The van der Waals surface area contributed by atoms with Gasteiger partial charge in [0.25, 0.3) is 11.8 Å². The normalized spacial score (nSPS) is 10.6. The molecule has 3 aromatic rings. The quantitative estimate of drug-likeness (QED) is 0.524. The van der Waals surface area contributed by atoms with E-state index in [0.717, 1.165) is 5.56 Å². The molecule has 0 aliphatic rings. The number of amides is 2. The third kappa shape index (κ3) is 5.23. The molecule has 0 spiro atoms. The van der Waals surface area contributed by atoms with E-state index in [9.17, 15) is 9.59 Å². The number of hydrogen-bond donors (Lipinski definition) is 2. The van der Waals surface area contributed by atoms with Crippen LogP contribution in [0.1, 0.15) is 26.3 Å². The van der Waals surface area contributed by atoms with Crippen molar-refractivity contribution >= 4 is 35.3 Å². The molecule has 7 heteroatoms. The summed E-state index contributed by atoms with van der Waals surface area (Å²) < 4.78 is 0. The molecule has 134 valence electrons. The van der Waals surface area contributed by atoms with Crippen LogP contribution in [0.5, 0.6) is 0 Å². The highest BCUT2D eigenvalue weighted by Crippen LogP contribution is 2.14. The van der Waals surface area contributed by atoms with Crippen molar-refractivity contribution in [2.45, 2.75) is 0 Å².